The van der Waals surface area contributed by atoms with Crippen molar-refractivity contribution in [3.63, 3.8) is 0 Å². The number of pyridine rings is 1. The molecule has 3 aromatic heterocycles. The van der Waals surface area contributed by atoms with Crippen LogP contribution >= 0.6 is 0 Å². The standard InChI is InChI=1S/C28H25N7O2/c1-2-21(36)28-14-18-13-19(20(15-28)35(18)28)26-33-23(24-25(29)31-11-12-34(24)26)16-6-8-17(9-7-16)27(37)32-22-5-3-4-10-30-22/h2-12,18-20H,1,13-15H2,(H2,29,31)(H,30,32,37). The Kier molecular flexibility index (Phi) is 4.62. The van der Waals surface area contributed by atoms with E-state index in [0.29, 0.717) is 23.2 Å². The molecule has 184 valence electrons. The van der Waals surface area contributed by atoms with Gasteiger partial charge in [0.05, 0.1) is 5.54 Å². The number of piperidine rings is 1. The van der Waals surface area contributed by atoms with Gasteiger partial charge in [-0.3, -0.25) is 18.9 Å². The molecule has 1 amide bonds. The third-order valence-corrected chi connectivity index (χ3v) is 8.27. The van der Waals surface area contributed by atoms with Gasteiger partial charge in [-0.25, -0.2) is 15.0 Å². The number of nitrogens with zero attached hydrogens (tertiary/aromatic N) is 5. The monoisotopic (exact) mass is 491 g/mol. The van der Waals surface area contributed by atoms with Gasteiger partial charge in [0.15, 0.2) is 5.78 Å². The Labute approximate surface area is 213 Å². The Bertz CT molecular complexity index is 1580. The number of aromatic nitrogens is 4. The number of amides is 1. The summed E-state index contributed by atoms with van der Waals surface area (Å²) in [5, 5.41) is 2.80. The zero-order valence-electron chi connectivity index (χ0n) is 20.0. The Morgan fingerprint density at radius 1 is 1.11 bits per heavy atom. The summed E-state index contributed by atoms with van der Waals surface area (Å²) in [7, 11) is 0. The normalized spacial score (nSPS) is 25.7. The van der Waals surface area contributed by atoms with E-state index < -0.39 is 0 Å². The van der Waals surface area contributed by atoms with Crippen molar-refractivity contribution < 1.29 is 9.59 Å². The number of nitrogens with one attached hydrogen (secondary N) is 1. The van der Waals surface area contributed by atoms with Crippen molar-refractivity contribution in [2.75, 3.05) is 11.1 Å². The SMILES string of the molecule is C=CC(=O)C12CC3CC(c4nc(-c5ccc(C(=O)Nc6ccccn6)cc5)c5c(N)nccn45)C(C1)N32. The highest BCUT2D eigenvalue weighted by Gasteiger charge is 2.71. The second-order valence-corrected chi connectivity index (χ2v) is 10.1. The van der Waals surface area contributed by atoms with E-state index in [0.717, 1.165) is 41.9 Å². The first-order valence-corrected chi connectivity index (χ1v) is 12.4. The first kappa shape index (κ1) is 21.9. The van der Waals surface area contributed by atoms with Crippen LogP contribution in [0.15, 0.2) is 73.7 Å². The average Bonchev–Trinajstić information content (AvgIpc) is 3.33. The van der Waals surface area contributed by atoms with Gasteiger partial charge in [0.2, 0.25) is 0 Å². The average molecular weight is 492 g/mol. The molecule has 0 bridgehead atoms. The van der Waals surface area contributed by atoms with Crippen molar-refractivity contribution in [3.05, 3.63) is 85.1 Å². The predicted octanol–water partition coefficient (Wildman–Crippen LogP) is 3.45. The molecule has 4 aromatic rings. The van der Waals surface area contributed by atoms with Gasteiger partial charge in [0, 0.05) is 47.7 Å². The number of rotatable bonds is 6. The lowest BCUT2D eigenvalue weighted by Crippen LogP contribution is -2.78. The number of benzene rings is 1. The summed E-state index contributed by atoms with van der Waals surface area (Å²) in [4.78, 5) is 41.1. The summed E-state index contributed by atoms with van der Waals surface area (Å²) in [5.41, 5.74) is 8.87. The third-order valence-electron chi connectivity index (χ3n) is 8.27. The molecule has 7 rings (SSSR count). The van der Waals surface area contributed by atoms with Crippen LogP contribution in [0.4, 0.5) is 11.6 Å². The van der Waals surface area contributed by atoms with Gasteiger partial charge in [-0.15, -0.1) is 0 Å². The van der Waals surface area contributed by atoms with Crippen LogP contribution in [-0.2, 0) is 4.79 Å². The van der Waals surface area contributed by atoms with Gasteiger partial charge < -0.3 is 11.1 Å². The van der Waals surface area contributed by atoms with E-state index in [4.69, 9.17) is 10.7 Å². The number of imidazole rings is 1. The Morgan fingerprint density at radius 2 is 1.95 bits per heavy atom. The van der Waals surface area contributed by atoms with Gasteiger partial charge in [0.25, 0.3) is 5.91 Å². The Hall–Kier alpha value is -4.37. The van der Waals surface area contributed by atoms with Gasteiger partial charge in [0.1, 0.15) is 28.7 Å². The molecule has 3 N–H and O–H groups in total. The van der Waals surface area contributed by atoms with E-state index in [1.165, 1.54) is 6.08 Å². The number of ketones is 1. The largest absolute Gasteiger partial charge is 0.382 e. The maximum atomic E-state index is 12.7. The molecule has 3 saturated heterocycles. The van der Waals surface area contributed by atoms with E-state index in [9.17, 15) is 9.59 Å². The molecule has 9 nitrogen and oxygen atoms in total. The minimum absolute atomic E-state index is 0.134. The number of carbonyl (C=O) groups is 2. The fourth-order valence-corrected chi connectivity index (χ4v) is 6.67. The summed E-state index contributed by atoms with van der Waals surface area (Å²) in [6, 6.07) is 13.3. The van der Waals surface area contributed by atoms with Gasteiger partial charge in [-0.05, 0) is 49.6 Å². The van der Waals surface area contributed by atoms with Crippen molar-refractivity contribution in [2.24, 2.45) is 0 Å². The highest BCUT2D eigenvalue weighted by Crippen LogP contribution is 2.63. The molecule has 6 heterocycles. The molecule has 0 saturated carbocycles. The molecule has 0 radical (unpaired) electrons. The number of fused-ring (bicyclic) bond motifs is 1. The number of anilines is 2. The van der Waals surface area contributed by atoms with Crippen LogP contribution in [-0.4, -0.2) is 53.6 Å². The van der Waals surface area contributed by atoms with E-state index >= 15 is 0 Å². The molecule has 3 aliphatic heterocycles. The van der Waals surface area contributed by atoms with Crippen LogP contribution in [0, 0.1) is 0 Å². The van der Waals surface area contributed by atoms with Crippen molar-refractivity contribution >= 4 is 28.8 Å². The third kappa shape index (κ3) is 3.04. The van der Waals surface area contributed by atoms with Gasteiger partial charge in [-0.2, -0.15) is 0 Å². The summed E-state index contributed by atoms with van der Waals surface area (Å²) in [6.45, 7) is 3.71. The topological polar surface area (TPSA) is 119 Å². The zero-order chi connectivity index (χ0) is 25.3. The molecule has 0 spiro atoms. The molecule has 4 unspecified atom stereocenters. The molecule has 0 aliphatic carbocycles. The molecule has 3 fully saturated rings. The first-order chi connectivity index (χ1) is 18.0. The molecule has 37 heavy (non-hydrogen) atoms. The van der Waals surface area contributed by atoms with Crippen LogP contribution < -0.4 is 11.1 Å². The predicted molar refractivity (Wildman–Crippen MR) is 139 cm³/mol. The maximum absolute atomic E-state index is 12.7. The summed E-state index contributed by atoms with van der Waals surface area (Å²) >= 11 is 0. The van der Waals surface area contributed by atoms with Crippen LogP contribution in [0.3, 0.4) is 0 Å². The van der Waals surface area contributed by atoms with Crippen molar-refractivity contribution in [1.29, 1.82) is 0 Å². The summed E-state index contributed by atoms with van der Waals surface area (Å²) < 4.78 is 2.05. The highest BCUT2D eigenvalue weighted by molar-refractivity contribution is 6.04. The molecular weight excluding hydrogens is 466 g/mol. The van der Waals surface area contributed by atoms with Crippen LogP contribution in [0.5, 0.6) is 0 Å². The van der Waals surface area contributed by atoms with E-state index in [2.05, 4.69) is 26.8 Å². The minimum Gasteiger partial charge on any atom is -0.382 e. The van der Waals surface area contributed by atoms with Crippen LogP contribution in [0.2, 0.25) is 0 Å². The number of hydrogen-bond acceptors (Lipinski definition) is 7. The fraction of sp³-hybridized carbons (Fsp3) is 0.250. The quantitative estimate of drug-likeness (QED) is 0.397. The lowest BCUT2D eigenvalue weighted by Gasteiger charge is -2.65. The van der Waals surface area contributed by atoms with Crippen molar-refractivity contribution in [1.82, 2.24) is 24.3 Å². The van der Waals surface area contributed by atoms with E-state index in [1.807, 2.05) is 28.8 Å². The molecule has 9 heteroatoms. The van der Waals surface area contributed by atoms with Gasteiger partial charge in [-0.1, -0.05) is 24.8 Å². The lowest BCUT2D eigenvalue weighted by atomic mass is 9.65. The lowest BCUT2D eigenvalue weighted by molar-refractivity contribution is -0.178. The van der Waals surface area contributed by atoms with E-state index in [-0.39, 0.29) is 29.2 Å². The van der Waals surface area contributed by atoms with Crippen LogP contribution in [0.1, 0.15) is 41.4 Å². The number of hydrogen-bond donors (Lipinski definition) is 2. The van der Waals surface area contributed by atoms with Crippen LogP contribution in [0.25, 0.3) is 16.8 Å². The molecular formula is C28H25N7O2. The Morgan fingerprint density at radius 3 is 2.70 bits per heavy atom. The summed E-state index contributed by atoms with van der Waals surface area (Å²) in [6.07, 6.45) is 9.39. The molecule has 3 aliphatic rings. The second-order valence-electron chi connectivity index (χ2n) is 10.1. The first-order valence-electron chi connectivity index (χ1n) is 12.4. The van der Waals surface area contributed by atoms with Crippen molar-refractivity contribution in [3.8, 4) is 11.3 Å². The van der Waals surface area contributed by atoms with Crippen molar-refractivity contribution in [2.45, 2.75) is 42.8 Å². The van der Waals surface area contributed by atoms with Gasteiger partial charge >= 0.3 is 0 Å². The molecule has 1 aromatic carbocycles. The highest BCUT2D eigenvalue weighted by atomic mass is 16.1. The Balaban J connectivity index is 1.21. The number of nitrogen functional groups attached to an aromatic ring is 1. The number of nitrogens with two attached hydrogens (primary N) is 1. The zero-order valence-corrected chi connectivity index (χ0v) is 20.0. The minimum atomic E-state index is -0.339. The molecule has 4 atom stereocenters. The fourth-order valence-electron chi connectivity index (χ4n) is 6.67. The van der Waals surface area contributed by atoms with E-state index in [1.54, 1.807) is 36.7 Å². The summed E-state index contributed by atoms with van der Waals surface area (Å²) in [5.74, 6) is 1.94. The smallest absolute Gasteiger partial charge is 0.256 e. The maximum Gasteiger partial charge on any atom is 0.256 e. The number of carbonyl (C=O) groups excluding carboxylic acids is 2. The second kappa shape index (κ2) is 7.81.